The average molecular weight is 510 g/mol. The zero-order chi connectivity index (χ0) is 23.0. The molecule has 2 rings (SSSR count). The van der Waals surface area contributed by atoms with Crippen molar-refractivity contribution in [3.8, 4) is 5.75 Å². The molecule has 0 aromatic heterocycles. The number of amides is 1. The molecule has 2 N–H and O–H groups in total. The van der Waals surface area contributed by atoms with Crippen molar-refractivity contribution >= 4 is 56.7 Å². The molecule has 0 heterocycles. The van der Waals surface area contributed by atoms with Crippen LogP contribution in [0.15, 0.2) is 47.4 Å². The van der Waals surface area contributed by atoms with Gasteiger partial charge in [-0.25, -0.2) is 8.42 Å². The largest absolute Gasteiger partial charge is 0.492 e. The Balaban J connectivity index is 2.17. The SMILES string of the molecule is O=C(O)CCNC(=O)CN(CCOc1cccc(Cl)c1)S(=O)(=O)c1ccc(Cl)cc1Cl. The molecule has 1 amide bonds. The predicted molar refractivity (Wildman–Crippen MR) is 117 cm³/mol. The maximum absolute atomic E-state index is 13.1. The van der Waals surface area contributed by atoms with Gasteiger partial charge in [0.1, 0.15) is 17.3 Å². The van der Waals surface area contributed by atoms with E-state index in [0.717, 1.165) is 4.31 Å². The van der Waals surface area contributed by atoms with Gasteiger partial charge in [0.25, 0.3) is 0 Å². The lowest BCUT2D eigenvalue weighted by atomic mass is 10.3. The maximum atomic E-state index is 13.1. The summed E-state index contributed by atoms with van der Waals surface area (Å²) in [6.07, 6.45) is -0.292. The molecule has 0 aliphatic rings. The van der Waals surface area contributed by atoms with Crippen LogP contribution in [0.3, 0.4) is 0 Å². The predicted octanol–water partition coefficient (Wildman–Crippen LogP) is 3.31. The molecule has 0 atom stereocenters. The normalized spacial score (nSPS) is 11.4. The zero-order valence-electron chi connectivity index (χ0n) is 16.1. The Labute approximate surface area is 194 Å². The Kier molecular flexibility index (Phi) is 9.39. The second kappa shape index (κ2) is 11.5. The smallest absolute Gasteiger partial charge is 0.305 e. The highest BCUT2D eigenvalue weighted by atomic mass is 35.5. The van der Waals surface area contributed by atoms with Crippen molar-refractivity contribution in [3.63, 3.8) is 0 Å². The number of hydrogen-bond acceptors (Lipinski definition) is 5. The molecular formula is C19H19Cl3N2O6S. The van der Waals surface area contributed by atoms with E-state index in [2.05, 4.69) is 5.32 Å². The molecule has 168 valence electrons. The fourth-order valence-corrected chi connectivity index (χ4v) is 4.76. The maximum Gasteiger partial charge on any atom is 0.305 e. The molecule has 0 fully saturated rings. The summed E-state index contributed by atoms with van der Waals surface area (Å²) in [4.78, 5) is 22.6. The van der Waals surface area contributed by atoms with Gasteiger partial charge < -0.3 is 15.2 Å². The van der Waals surface area contributed by atoms with Crippen LogP contribution >= 0.6 is 34.8 Å². The number of benzene rings is 2. The number of carboxylic acids is 1. The summed E-state index contributed by atoms with van der Waals surface area (Å²) in [5.41, 5.74) is 0. The lowest BCUT2D eigenvalue weighted by Crippen LogP contribution is -2.43. The van der Waals surface area contributed by atoms with Crippen molar-refractivity contribution < 1.29 is 27.9 Å². The number of nitrogens with zero attached hydrogens (tertiary/aromatic N) is 1. The van der Waals surface area contributed by atoms with Crippen LogP contribution in [0.4, 0.5) is 0 Å². The number of hydrogen-bond donors (Lipinski definition) is 2. The fraction of sp³-hybridized carbons (Fsp3) is 0.263. The van der Waals surface area contributed by atoms with E-state index in [0.29, 0.717) is 10.8 Å². The summed E-state index contributed by atoms with van der Waals surface area (Å²) >= 11 is 17.8. The summed E-state index contributed by atoms with van der Waals surface area (Å²) in [7, 11) is -4.19. The molecule has 2 aromatic carbocycles. The summed E-state index contributed by atoms with van der Waals surface area (Å²) < 4.78 is 32.7. The first-order chi connectivity index (χ1) is 14.6. The highest BCUT2D eigenvalue weighted by molar-refractivity contribution is 7.89. The second-order valence-electron chi connectivity index (χ2n) is 6.21. The third-order valence-electron chi connectivity index (χ3n) is 3.90. The minimum Gasteiger partial charge on any atom is -0.492 e. The van der Waals surface area contributed by atoms with Gasteiger partial charge in [0, 0.05) is 23.1 Å². The van der Waals surface area contributed by atoms with Crippen LogP contribution in [0.25, 0.3) is 0 Å². The Morgan fingerprint density at radius 2 is 1.77 bits per heavy atom. The van der Waals surface area contributed by atoms with Gasteiger partial charge in [0.2, 0.25) is 15.9 Å². The van der Waals surface area contributed by atoms with Crippen LogP contribution in [0.2, 0.25) is 15.1 Å². The van der Waals surface area contributed by atoms with Crippen molar-refractivity contribution in [2.75, 3.05) is 26.2 Å². The average Bonchev–Trinajstić information content (AvgIpc) is 2.66. The summed E-state index contributed by atoms with van der Waals surface area (Å²) in [6, 6.07) is 10.4. The van der Waals surface area contributed by atoms with E-state index in [-0.39, 0.29) is 41.1 Å². The van der Waals surface area contributed by atoms with Gasteiger partial charge in [0.05, 0.1) is 18.0 Å². The van der Waals surface area contributed by atoms with Crippen molar-refractivity contribution in [2.45, 2.75) is 11.3 Å². The standard InChI is InChI=1S/C19H19Cl3N2O6S/c20-13-2-1-3-15(10-13)30-9-8-24(12-18(25)23-7-6-19(26)27)31(28,29)17-5-4-14(21)11-16(17)22/h1-5,10-11H,6-9,12H2,(H,23,25)(H,26,27). The molecule has 31 heavy (non-hydrogen) atoms. The monoisotopic (exact) mass is 508 g/mol. The fourth-order valence-electron chi connectivity index (χ4n) is 2.45. The summed E-state index contributed by atoms with van der Waals surface area (Å²) in [5, 5.41) is 11.7. The topological polar surface area (TPSA) is 113 Å². The number of nitrogens with one attached hydrogen (secondary N) is 1. The van der Waals surface area contributed by atoms with Crippen LogP contribution in [-0.2, 0) is 19.6 Å². The Morgan fingerprint density at radius 1 is 1.06 bits per heavy atom. The van der Waals surface area contributed by atoms with E-state index in [4.69, 9.17) is 44.6 Å². The van der Waals surface area contributed by atoms with Crippen molar-refractivity contribution in [2.24, 2.45) is 0 Å². The number of aliphatic carboxylic acids is 1. The number of carbonyl (C=O) groups excluding carboxylic acids is 1. The molecule has 0 saturated heterocycles. The van der Waals surface area contributed by atoms with Crippen LogP contribution in [-0.4, -0.2) is 55.9 Å². The minimum atomic E-state index is -4.19. The molecular weight excluding hydrogens is 491 g/mol. The molecule has 0 aliphatic heterocycles. The van der Waals surface area contributed by atoms with Gasteiger partial charge in [-0.05, 0) is 36.4 Å². The first kappa shape index (κ1) is 25.2. The molecule has 0 bridgehead atoms. The Morgan fingerprint density at radius 3 is 2.42 bits per heavy atom. The molecule has 8 nitrogen and oxygen atoms in total. The molecule has 12 heteroatoms. The first-order valence-corrected chi connectivity index (χ1v) is 11.5. The third kappa shape index (κ3) is 7.86. The first-order valence-electron chi connectivity index (χ1n) is 8.91. The Bertz CT molecular complexity index is 1050. The number of ether oxygens (including phenoxy) is 1. The summed E-state index contributed by atoms with van der Waals surface area (Å²) in [5.74, 6) is -1.33. The van der Waals surface area contributed by atoms with Crippen LogP contribution in [0.5, 0.6) is 5.75 Å². The van der Waals surface area contributed by atoms with E-state index in [1.165, 1.54) is 18.2 Å². The summed E-state index contributed by atoms with van der Waals surface area (Å²) in [6.45, 7) is -0.948. The van der Waals surface area contributed by atoms with E-state index in [1.807, 2.05) is 0 Å². The quantitative estimate of drug-likeness (QED) is 0.480. The van der Waals surface area contributed by atoms with Crippen molar-refractivity contribution in [3.05, 3.63) is 57.5 Å². The molecule has 0 saturated carbocycles. The number of halogens is 3. The van der Waals surface area contributed by atoms with Gasteiger partial charge >= 0.3 is 5.97 Å². The van der Waals surface area contributed by atoms with Crippen LogP contribution in [0, 0.1) is 0 Å². The van der Waals surface area contributed by atoms with Gasteiger partial charge in [0.15, 0.2) is 0 Å². The van der Waals surface area contributed by atoms with Gasteiger partial charge in [-0.1, -0.05) is 40.9 Å². The second-order valence-corrected chi connectivity index (χ2v) is 9.40. The third-order valence-corrected chi connectivity index (χ3v) is 6.70. The van der Waals surface area contributed by atoms with E-state index < -0.39 is 28.4 Å². The minimum absolute atomic E-state index is 0.0762. The number of rotatable bonds is 11. The van der Waals surface area contributed by atoms with Crippen LogP contribution in [0.1, 0.15) is 6.42 Å². The van der Waals surface area contributed by atoms with Crippen LogP contribution < -0.4 is 10.1 Å². The molecule has 0 aliphatic carbocycles. The highest BCUT2D eigenvalue weighted by Gasteiger charge is 2.28. The van der Waals surface area contributed by atoms with Crippen molar-refractivity contribution in [1.82, 2.24) is 9.62 Å². The zero-order valence-corrected chi connectivity index (χ0v) is 19.1. The number of carboxylic acid groups (broad SMARTS) is 1. The van der Waals surface area contributed by atoms with E-state index in [9.17, 15) is 18.0 Å². The molecule has 2 aromatic rings. The Hall–Kier alpha value is -2.04. The van der Waals surface area contributed by atoms with Gasteiger partial charge in [-0.15, -0.1) is 0 Å². The number of carbonyl (C=O) groups is 2. The van der Waals surface area contributed by atoms with Gasteiger partial charge in [-0.3, -0.25) is 9.59 Å². The molecule has 0 spiro atoms. The lowest BCUT2D eigenvalue weighted by molar-refractivity contribution is -0.136. The van der Waals surface area contributed by atoms with Crippen molar-refractivity contribution in [1.29, 1.82) is 0 Å². The van der Waals surface area contributed by atoms with Gasteiger partial charge in [-0.2, -0.15) is 4.31 Å². The molecule has 0 radical (unpaired) electrons. The van der Waals surface area contributed by atoms with E-state index >= 15 is 0 Å². The highest BCUT2D eigenvalue weighted by Crippen LogP contribution is 2.27. The number of sulfonamides is 1. The molecule has 0 unspecified atom stereocenters. The lowest BCUT2D eigenvalue weighted by Gasteiger charge is -2.22. The van der Waals surface area contributed by atoms with E-state index in [1.54, 1.807) is 24.3 Å².